The lowest BCUT2D eigenvalue weighted by Crippen LogP contribution is -2.14. The van der Waals surface area contributed by atoms with Gasteiger partial charge in [-0.15, -0.1) is 0 Å². The molecule has 3 aromatic heterocycles. The maximum atomic E-state index is 13.7. The second-order valence-corrected chi connectivity index (χ2v) is 9.35. The van der Waals surface area contributed by atoms with Crippen LogP contribution in [0.25, 0.3) is 33.5 Å². The molecule has 0 radical (unpaired) electrons. The minimum Gasteiger partial charge on any atom is -0.496 e. The van der Waals surface area contributed by atoms with Gasteiger partial charge in [0.2, 0.25) is 5.95 Å². The molecule has 1 aliphatic heterocycles. The molecule has 0 unspecified atom stereocenters. The number of methoxy groups -OCH3 is 1. The Morgan fingerprint density at radius 2 is 1.95 bits per heavy atom. The van der Waals surface area contributed by atoms with E-state index in [4.69, 9.17) is 14.7 Å². The van der Waals surface area contributed by atoms with E-state index in [1.165, 1.54) is 12.1 Å². The molecule has 0 fully saturated rings. The Labute approximate surface area is 215 Å². The van der Waals surface area contributed by atoms with E-state index in [9.17, 15) is 4.39 Å². The summed E-state index contributed by atoms with van der Waals surface area (Å²) in [6, 6.07) is 16.9. The van der Waals surface area contributed by atoms with Crippen LogP contribution in [0.5, 0.6) is 5.75 Å². The van der Waals surface area contributed by atoms with Crippen LogP contribution in [0.4, 0.5) is 10.3 Å². The van der Waals surface area contributed by atoms with Crippen molar-refractivity contribution < 1.29 is 9.13 Å². The van der Waals surface area contributed by atoms with Crippen molar-refractivity contribution >= 4 is 16.9 Å². The predicted octanol–water partition coefficient (Wildman–Crippen LogP) is 6.12. The van der Waals surface area contributed by atoms with Crippen LogP contribution < -0.4 is 10.1 Å². The van der Waals surface area contributed by atoms with Crippen LogP contribution in [0.1, 0.15) is 31.6 Å². The Morgan fingerprint density at radius 1 is 1.08 bits per heavy atom. The van der Waals surface area contributed by atoms with Gasteiger partial charge in [0.05, 0.1) is 35.8 Å². The zero-order valence-corrected chi connectivity index (χ0v) is 21.0. The number of rotatable bonds is 8. The Balaban J connectivity index is 1.46. The fourth-order valence-corrected chi connectivity index (χ4v) is 5.27. The summed E-state index contributed by atoms with van der Waals surface area (Å²) in [5.74, 6) is 2.23. The van der Waals surface area contributed by atoms with E-state index in [2.05, 4.69) is 44.7 Å². The van der Waals surface area contributed by atoms with E-state index < -0.39 is 0 Å². The maximum absolute atomic E-state index is 13.7. The van der Waals surface area contributed by atoms with Crippen molar-refractivity contribution in [2.45, 2.75) is 38.8 Å². The summed E-state index contributed by atoms with van der Waals surface area (Å²) in [5, 5.41) is 4.39. The van der Waals surface area contributed by atoms with E-state index in [0.717, 1.165) is 77.5 Å². The number of hydrogen-bond acceptors (Lipinski definition) is 5. The van der Waals surface area contributed by atoms with Crippen molar-refractivity contribution in [1.82, 2.24) is 24.1 Å². The monoisotopic (exact) mass is 496 g/mol. The third-order valence-corrected chi connectivity index (χ3v) is 7.00. The molecular weight excluding hydrogens is 467 g/mol. The first kappa shape index (κ1) is 23.2. The lowest BCUT2D eigenvalue weighted by atomic mass is 10.1. The van der Waals surface area contributed by atoms with Crippen molar-refractivity contribution in [3.05, 3.63) is 78.6 Å². The highest BCUT2D eigenvalue weighted by molar-refractivity contribution is 5.86. The topological polar surface area (TPSA) is 69.8 Å². The molecule has 7 nitrogen and oxygen atoms in total. The normalized spacial score (nSPS) is 14.7. The van der Waals surface area contributed by atoms with Crippen molar-refractivity contribution in [3.8, 4) is 28.4 Å². The highest BCUT2D eigenvalue weighted by atomic mass is 19.1. The summed E-state index contributed by atoms with van der Waals surface area (Å²) < 4.78 is 23.9. The number of imidazole rings is 1. The number of benzene rings is 2. The predicted molar refractivity (Wildman–Crippen MR) is 143 cm³/mol. The van der Waals surface area contributed by atoms with E-state index in [-0.39, 0.29) is 11.9 Å². The number of fused-ring (bicyclic) bond motifs is 2. The summed E-state index contributed by atoms with van der Waals surface area (Å²) in [6.07, 6.45) is 6.74. The molecule has 0 saturated heterocycles. The van der Waals surface area contributed by atoms with Crippen molar-refractivity contribution in [2.24, 2.45) is 0 Å². The van der Waals surface area contributed by atoms with Gasteiger partial charge >= 0.3 is 0 Å². The quantitative estimate of drug-likeness (QED) is 0.280. The number of aryl methyl sites for hydroxylation is 1. The van der Waals surface area contributed by atoms with E-state index in [1.807, 2.05) is 18.2 Å². The summed E-state index contributed by atoms with van der Waals surface area (Å²) in [6.45, 7) is 3.70. The molecule has 1 N–H and O–H groups in total. The maximum Gasteiger partial charge on any atom is 0.223 e. The average molecular weight is 497 g/mol. The third-order valence-electron chi connectivity index (χ3n) is 7.00. The standard InChI is InChI=1S/C29H29FN6O/c1-3-15-31-29-32-16-13-23(33-29)28-27(19-7-9-20(30)10-8-19)34-26-12-11-21(36(26)28)18-35-17-14-22-24(35)5-4-6-25(22)37-2/h4-10,13-14,16-17,21H,3,11-12,15,18H2,1-2H3,(H,31,32,33)/t21-/m0/s1. The summed E-state index contributed by atoms with van der Waals surface area (Å²) in [4.78, 5) is 14.3. The fourth-order valence-electron chi connectivity index (χ4n) is 5.27. The molecule has 2 aromatic carbocycles. The summed E-state index contributed by atoms with van der Waals surface area (Å²) in [5.41, 5.74) is 4.58. The van der Waals surface area contributed by atoms with Gasteiger partial charge in [-0.25, -0.2) is 19.3 Å². The van der Waals surface area contributed by atoms with E-state index >= 15 is 0 Å². The third kappa shape index (κ3) is 4.22. The average Bonchev–Trinajstić information content (AvgIpc) is 3.63. The minimum atomic E-state index is -0.266. The number of hydrogen-bond donors (Lipinski definition) is 1. The van der Waals surface area contributed by atoms with Crippen LogP contribution in [0.15, 0.2) is 67.0 Å². The van der Waals surface area contributed by atoms with E-state index in [1.54, 1.807) is 25.4 Å². The first-order valence-electron chi connectivity index (χ1n) is 12.7. The zero-order valence-electron chi connectivity index (χ0n) is 21.0. The van der Waals surface area contributed by atoms with Gasteiger partial charge in [-0.05, 0) is 61.4 Å². The molecule has 1 aliphatic rings. The largest absolute Gasteiger partial charge is 0.496 e. The minimum absolute atomic E-state index is 0.190. The lowest BCUT2D eigenvalue weighted by Gasteiger charge is -2.19. The van der Waals surface area contributed by atoms with Crippen molar-refractivity contribution in [2.75, 3.05) is 19.0 Å². The Morgan fingerprint density at radius 3 is 2.76 bits per heavy atom. The highest BCUT2D eigenvalue weighted by Gasteiger charge is 2.31. The highest BCUT2D eigenvalue weighted by Crippen LogP contribution is 2.40. The molecule has 188 valence electrons. The number of anilines is 1. The molecule has 6 rings (SSSR count). The molecule has 1 atom stereocenters. The first-order valence-corrected chi connectivity index (χ1v) is 12.7. The molecule has 0 saturated carbocycles. The molecular formula is C29H29FN6O. The van der Waals surface area contributed by atoms with Gasteiger partial charge in [-0.2, -0.15) is 0 Å². The van der Waals surface area contributed by atoms with Gasteiger partial charge in [0.15, 0.2) is 0 Å². The molecule has 0 amide bonds. The van der Waals surface area contributed by atoms with Crippen LogP contribution in [0.2, 0.25) is 0 Å². The molecule has 8 heteroatoms. The zero-order chi connectivity index (χ0) is 25.4. The van der Waals surface area contributed by atoms with Crippen LogP contribution >= 0.6 is 0 Å². The molecule has 37 heavy (non-hydrogen) atoms. The fraction of sp³-hybridized carbons (Fsp3) is 0.276. The smallest absolute Gasteiger partial charge is 0.223 e. The van der Waals surface area contributed by atoms with E-state index in [0.29, 0.717) is 5.95 Å². The Kier molecular flexibility index (Phi) is 6.08. The van der Waals surface area contributed by atoms with Crippen LogP contribution in [-0.2, 0) is 13.0 Å². The molecule has 0 bridgehead atoms. The van der Waals surface area contributed by atoms with Crippen molar-refractivity contribution in [3.63, 3.8) is 0 Å². The van der Waals surface area contributed by atoms with Crippen LogP contribution in [0, 0.1) is 5.82 Å². The second kappa shape index (κ2) is 9.69. The number of nitrogens with zero attached hydrogens (tertiary/aromatic N) is 5. The van der Waals surface area contributed by atoms with Gasteiger partial charge in [0.25, 0.3) is 0 Å². The van der Waals surface area contributed by atoms with Crippen LogP contribution in [-0.4, -0.2) is 37.7 Å². The number of ether oxygens (including phenoxy) is 1. The SMILES string of the molecule is CCCNc1nccc(-c2c(-c3ccc(F)cc3)nc3n2[C@H](Cn2ccc4c(OC)cccc42)CC3)n1. The Bertz CT molecular complexity index is 1550. The number of halogens is 1. The van der Waals surface area contributed by atoms with Gasteiger partial charge in [0, 0.05) is 42.9 Å². The number of nitrogens with one attached hydrogen (secondary N) is 1. The first-order chi connectivity index (χ1) is 18.2. The van der Waals surface area contributed by atoms with Gasteiger partial charge < -0.3 is 19.2 Å². The molecule has 0 aliphatic carbocycles. The summed E-state index contributed by atoms with van der Waals surface area (Å²) >= 11 is 0. The molecule has 5 aromatic rings. The van der Waals surface area contributed by atoms with Gasteiger partial charge in [-0.1, -0.05) is 13.0 Å². The lowest BCUT2D eigenvalue weighted by molar-refractivity contribution is 0.419. The molecule has 0 spiro atoms. The van der Waals surface area contributed by atoms with Crippen molar-refractivity contribution in [1.29, 1.82) is 0 Å². The van der Waals surface area contributed by atoms with Gasteiger partial charge in [-0.3, -0.25) is 0 Å². The van der Waals surface area contributed by atoms with Gasteiger partial charge in [0.1, 0.15) is 17.4 Å². The molecule has 4 heterocycles. The van der Waals surface area contributed by atoms with Crippen LogP contribution in [0.3, 0.4) is 0 Å². The number of aromatic nitrogens is 5. The summed E-state index contributed by atoms with van der Waals surface area (Å²) in [7, 11) is 1.70. The Hall–Kier alpha value is -4.20. The second-order valence-electron chi connectivity index (χ2n) is 9.35.